The topological polar surface area (TPSA) is 96.4 Å². The van der Waals surface area contributed by atoms with Gasteiger partial charge in [0.05, 0.1) is 26.1 Å². The maximum absolute atomic E-state index is 12.7. The molecule has 2 aliphatic rings. The molecule has 3 rings (SSSR count). The molecule has 2 atom stereocenters. The van der Waals surface area contributed by atoms with Crippen molar-refractivity contribution in [2.45, 2.75) is 12.8 Å². The van der Waals surface area contributed by atoms with Gasteiger partial charge in [0.2, 0.25) is 5.91 Å². The predicted molar refractivity (Wildman–Crippen MR) is 95.9 cm³/mol. The van der Waals surface area contributed by atoms with Gasteiger partial charge in [0.25, 0.3) is 5.91 Å². The van der Waals surface area contributed by atoms with Crippen molar-refractivity contribution in [1.29, 1.82) is 0 Å². The van der Waals surface area contributed by atoms with Crippen LogP contribution in [0.2, 0.25) is 0 Å². The molecule has 8 nitrogen and oxygen atoms in total. The van der Waals surface area contributed by atoms with E-state index in [-0.39, 0.29) is 11.8 Å². The van der Waals surface area contributed by atoms with E-state index in [1.165, 1.54) is 14.2 Å². The van der Waals surface area contributed by atoms with Gasteiger partial charge in [-0.3, -0.25) is 14.4 Å². The summed E-state index contributed by atoms with van der Waals surface area (Å²) in [4.78, 5) is 39.8. The van der Waals surface area contributed by atoms with Crippen molar-refractivity contribution in [2.75, 3.05) is 40.4 Å². The highest BCUT2D eigenvalue weighted by atomic mass is 16.5. The van der Waals surface area contributed by atoms with Crippen molar-refractivity contribution in [3.05, 3.63) is 23.8 Å². The molecule has 1 saturated carbocycles. The lowest BCUT2D eigenvalue weighted by Crippen LogP contribution is -2.54. The number of carbonyl (C=O) groups is 3. The number of piperazine rings is 1. The van der Waals surface area contributed by atoms with Crippen LogP contribution in [0.5, 0.6) is 11.5 Å². The van der Waals surface area contributed by atoms with Gasteiger partial charge in [-0.05, 0) is 31.0 Å². The Hall–Kier alpha value is -2.77. The number of hydrogen-bond acceptors (Lipinski definition) is 5. The number of nitrogens with zero attached hydrogens (tertiary/aromatic N) is 2. The van der Waals surface area contributed by atoms with Crippen LogP contribution in [0.15, 0.2) is 18.2 Å². The Morgan fingerprint density at radius 2 is 1.52 bits per heavy atom. The second-order valence-corrected chi connectivity index (χ2v) is 6.82. The standard InChI is InChI=1S/C19H24N2O6/c1-26-15-6-3-12(11-16(15)27-2)17(22)20-7-9-21(10-8-20)18(23)13-4-5-14(13)19(24)25/h3,6,11,13-14H,4-5,7-10H2,1-2H3,(H,24,25). The number of carboxylic acid groups (broad SMARTS) is 1. The van der Waals surface area contributed by atoms with Gasteiger partial charge in [-0.25, -0.2) is 0 Å². The van der Waals surface area contributed by atoms with Crippen LogP contribution in [-0.2, 0) is 9.59 Å². The Morgan fingerprint density at radius 1 is 0.926 bits per heavy atom. The van der Waals surface area contributed by atoms with E-state index in [2.05, 4.69) is 0 Å². The Balaban J connectivity index is 1.60. The van der Waals surface area contributed by atoms with E-state index in [1.54, 1.807) is 28.0 Å². The molecule has 1 aliphatic heterocycles. The van der Waals surface area contributed by atoms with Crippen molar-refractivity contribution >= 4 is 17.8 Å². The number of aliphatic carboxylic acids is 1. The zero-order chi connectivity index (χ0) is 19.6. The van der Waals surface area contributed by atoms with E-state index >= 15 is 0 Å². The molecule has 27 heavy (non-hydrogen) atoms. The second kappa shape index (κ2) is 7.85. The molecule has 1 aromatic rings. The highest BCUT2D eigenvalue weighted by Gasteiger charge is 2.43. The third-order valence-electron chi connectivity index (χ3n) is 5.42. The number of benzene rings is 1. The van der Waals surface area contributed by atoms with Crippen LogP contribution in [0, 0.1) is 11.8 Å². The minimum atomic E-state index is -0.901. The summed E-state index contributed by atoms with van der Waals surface area (Å²) in [5, 5.41) is 9.13. The monoisotopic (exact) mass is 376 g/mol. The molecule has 1 saturated heterocycles. The molecular weight excluding hydrogens is 352 g/mol. The van der Waals surface area contributed by atoms with E-state index < -0.39 is 17.8 Å². The normalized spacial score (nSPS) is 22.0. The summed E-state index contributed by atoms with van der Waals surface area (Å²) >= 11 is 0. The lowest BCUT2D eigenvalue weighted by Gasteiger charge is -2.40. The van der Waals surface area contributed by atoms with Crippen molar-refractivity contribution < 1.29 is 29.0 Å². The predicted octanol–water partition coefficient (Wildman–Crippen LogP) is 1.10. The minimum absolute atomic E-state index is 0.105. The molecule has 8 heteroatoms. The van der Waals surface area contributed by atoms with Gasteiger partial charge in [-0.1, -0.05) is 0 Å². The molecule has 0 spiro atoms. The minimum Gasteiger partial charge on any atom is -0.493 e. The quantitative estimate of drug-likeness (QED) is 0.827. The van der Waals surface area contributed by atoms with Gasteiger partial charge < -0.3 is 24.4 Å². The SMILES string of the molecule is COc1ccc(C(=O)N2CCN(C(=O)C3CCC3C(=O)O)CC2)cc1OC. The molecule has 2 amide bonds. The molecule has 0 radical (unpaired) electrons. The van der Waals surface area contributed by atoms with Crippen LogP contribution in [0.3, 0.4) is 0 Å². The van der Waals surface area contributed by atoms with Crippen molar-refractivity contribution in [1.82, 2.24) is 9.80 Å². The molecule has 2 fully saturated rings. The molecule has 0 bridgehead atoms. The summed E-state index contributed by atoms with van der Waals surface area (Å²) in [6.07, 6.45) is 1.18. The fourth-order valence-electron chi connectivity index (χ4n) is 3.61. The van der Waals surface area contributed by atoms with E-state index in [0.29, 0.717) is 56.1 Å². The average molecular weight is 376 g/mol. The summed E-state index contributed by atoms with van der Waals surface area (Å²) in [5.41, 5.74) is 0.498. The molecule has 0 aromatic heterocycles. The number of amides is 2. The van der Waals surface area contributed by atoms with Gasteiger partial charge in [0.1, 0.15) is 0 Å². The van der Waals surface area contributed by atoms with Gasteiger partial charge in [-0.2, -0.15) is 0 Å². The lowest BCUT2D eigenvalue weighted by atomic mass is 9.73. The van der Waals surface area contributed by atoms with Crippen molar-refractivity contribution in [3.8, 4) is 11.5 Å². The van der Waals surface area contributed by atoms with E-state index in [9.17, 15) is 14.4 Å². The average Bonchev–Trinajstić information content (AvgIpc) is 2.65. The number of methoxy groups -OCH3 is 2. The number of carboxylic acids is 1. The first-order valence-electron chi connectivity index (χ1n) is 8.99. The van der Waals surface area contributed by atoms with Crippen LogP contribution >= 0.6 is 0 Å². The second-order valence-electron chi connectivity index (χ2n) is 6.82. The molecule has 2 unspecified atom stereocenters. The molecule has 1 N–H and O–H groups in total. The summed E-state index contributed by atoms with van der Waals surface area (Å²) in [6, 6.07) is 5.02. The van der Waals surface area contributed by atoms with Crippen molar-refractivity contribution in [2.24, 2.45) is 11.8 Å². The summed E-state index contributed by atoms with van der Waals surface area (Å²) in [5.74, 6) is -1.08. The lowest BCUT2D eigenvalue weighted by molar-refractivity contribution is -0.157. The van der Waals surface area contributed by atoms with E-state index in [4.69, 9.17) is 14.6 Å². The largest absolute Gasteiger partial charge is 0.493 e. The van der Waals surface area contributed by atoms with E-state index in [0.717, 1.165) is 0 Å². The van der Waals surface area contributed by atoms with Crippen LogP contribution in [-0.4, -0.2) is 73.1 Å². The van der Waals surface area contributed by atoms with Gasteiger partial charge in [0, 0.05) is 31.7 Å². The first-order chi connectivity index (χ1) is 13.0. The molecule has 146 valence electrons. The fraction of sp³-hybridized carbons (Fsp3) is 0.526. The fourth-order valence-corrected chi connectivity index (χ4v) is 3.61. The van der Waals surface area contributed by atoms with Crippen LogP contribution in [0.1, 0.15) is 23.2 Å². The highest BCUT2D eigenvalue weighted by molar-refractivity contribution is 5.95. The van der Waals surface area contributed by atoms with Crippen LogP contribution in [0.25, 0.3) is 0 Å². The number of hydrogen-bond donors (Lipinski definition) is 1. The summed E-state index contributed by atoms with van der Waals surface area (Å²) in [6.45, 7) is 1.67. The van der Waals surface area contributed by atoms with Gasteiger partial charge in [0.15, 0.2) is 11.5 Å². The zero-order valence-electron chi connectivity index (χ0n) is 15.5. The first kappa shape index (κ1) is 19.0. The first-order valence-corrected chi connectivity index (χ1v) is 8.99. The number of carbonyl (C=O) groups excluding carboxylic acids is 2. The molecular formula is C19H24N2O6. The van der Waals surface area contributed by atoms with Crippen molar-refractivity contribution in [3.63, 3.8) is 0 Å². The van der Waals surface area contributed by atoms with Gasteiger partial charge >= 0.3 is 5.97 Å². The summed E-state index contributed by atoms with van der Waals surface area (Å²) < 4.78 is 10.4. The molecule has 1 heterocycles. The molecule has 1 aromatic carbocycles. The number of rotatable bonds is 5. The highest BCUT2D eigenvalue weighted by Crippen LogP contribution is 2.36. The van der Waals surface area contributed by atoms with Crippen LogP contribution < -0.4 is 9.47 Å². The molecule has 1 aliphatic carbocycles. The Bertz CT molecular complexity index is 742. The van der Waals surface area contributed by atoms with E-state index in [1.807, 2.05) is 0 Å². The maximum Gasteiger partial charge on any atom is 0.307 e. The Morgan fingerprint density at radius 3 is 2.04 bits per heavy atom. The number of ether oxygens (including phenoxy) is 2. The maximum atomic E-state index is 12.7. The summed E-state index contributed by atoms with van der Waals surface area (Å²) in [7, 11) is 3.05. The Kier molecular flexibility index (Phi) is 5.53. The smallest absolute Gasteiger partial charge is 0.307 e. The third kappa shape index (κ3) is 3.70. The zero-order valence-corrected chi connectivity index (χ0v) is 15.5. The third-order valence-corrected chi connectivity index (χ3v) is 5.42. The Labute approximate surface area is 157 Å². The van der Waals surface area contributed by atoms with Gasteiger partial charge in [-0.15, -0.1) is 0 Å². The van der Waals surface area contributed by atoms with Crippen LogP contribution in [0.4, 0.5) is 0 Å².